The monoisotopic (exact) mass is 536 g/mol. The van der Waals surface area contributed by atoms with Crippen LogP contribution in [0.3, 0.4) is 0 Å². The zero-order valence-corrected chi connectivity index (χ0v) is 22.7. The maximum absolute atomic E-state index is 10.4. The lowest BCUT2D eigenvalue weighted by Crippen LogP contribution is -2.29. The van der Waals surface area contributed by atoms with E-state index in [0.29, 0.717) is 10.0 Å². The third kappa shape index (κ3) is 11.0. The van der Waals surface area contributed by atoms with E-state index in [-0.39, 0.29) is 4.90 Å². The van der Waals surface area contributed by atoms with Gasteiger partial charge in [0.2, 0.25) is 6.33 Å². The molecule has 0 saturated heterocycles. The number of aromatic nitrogens is 2. The van der Waals surface area contributed by atoms with Gasteiger partial charge in [0.1, 0.15) is 29.1 Å². The average Bonchev–Trinajstić information content (AvgIpc) is 3.27. The van der Waals surface area contributed by atoms with Gasteiger partial charge in [0.15, 0.2) is 0 Å². The quantitative estimate of drug-likeness (QED) is 0.118. The average molecular weight is 538 g/mol. The normalized spacial score (nSPS) is 11.5. The van der Waals surface area contributed by atoms with Gasteiger partial charge in [-0.25, -0.2) is 17.6 Å². The number of allylic oxidation sites excluding steroid dienone is 2. The molecule has 8 heteroatoms. The van der Waals surface area contributed by atoms with Crippen LogP contribution in [0.2, 0.25) is 10.0 Å². The van der Waals surface area contributed by atoms with Gasteiger partial charge in [-0.1, -0.05) is 85.3 Å². The molecule has 2 aromatic carbocycles. The van der Waals surface area contributed by atoms with Gasteiger partial charge < -0.3 is 4.55 Å². The van der Waals surface area contributed by atoms with E-state index in [4.69, 9.17) is 23.2 Å². The lowest BCUT2D eigenvalue weighted by Gasteiger charge is -2.05. The van der Waals surface area contributed by atoms with Crippen LogP contribution in [0, 0.1) is 6.92 Å². The molecule has 0 spiro atoms. The summed E-state index contributed by atoms with van der Waals surface area (Å²) in [6, 6.07) is 11.6. The Kier molecular flexibility index (Phi) is 12.6. The van der Waals surface area contributed by atoms with Gasteiger partial charge in [-0.3, -0.25) is 0 Å². The lowest BCUT2D eigenvalue weighted by molar-refractivity contribution is -0.686. The Morgan fingerprint density at radius 2 is 1.71 bits per heavy atom. The topological polar surface area (TPSA) is 66.0 Å². The third-order valence-corrected chi connectivity index (χ3v) is 7.14. The Bertz CT molecular complexity index is 1170. The molecule has 0 aliphatic carbocycles. The number of benzene rings is 2. The molecule has 3 rings (SSSR count). The highest BCUT2D eigenvalue weighted by atomic mass is 35.5. The molecule has 1 heterocycles. The first-order chi connectivity index (χ1) is 16.7. The van der Waals surface area contributed by atoms with Gasteiger partial charge in [0, 0.05) is 0 Å². The summed E-state index contributed by atoms with van der Waals surface area (Å²) < 4.78 is 35.6. The number of aryl methyl sites for hydroxylation is 2. The Hall–Kier alpha value is -2.12. The van der Waals surface area contributed by atoms with Crippen LogP contribution in [0.25, 0.3) is 0 Å². The van der Waals surface area contributed by atoms with Crippen molar-refractivity contribution < 1.29 is 17.5 Å². The highest BCUT2D eigenvalue weighted by molar-refractivity contribution is 7.85. The fourth-order valence-corrected chi connectivity index (χ4v) is 4.26. The zero-order valence-electron chi connectivity index (χ0n) is 20.4. The van der Waals surface area contributed by atoms with Crippen molar-refractivity contribution >= 4 is 33.3 Å². The zero-order chi connectivity index (χ0) is 25.7. The van der Waals surface area contributed by atoms with Gasteiger partial charge in [-0.15, -0.1) is 0 Å². The van der Waals surface area contributed by atoms with Crippen LogP contribution in [0.5, 0.6) is 0 Å². The fourth-order valence-electron chi connectivity index (χ4n) is 3.39. The van der Waals surface area contributed by atoms with Crippen LogP contribution in [0.1, 0.15) is 50.2 Å². The summed E-state index contributed by atoms with van der Waals surface area (Å²) in [4.78, 5) is -0.178. The predicted octanol–water partition coefficient (Wildman–Crippen LogP) is 6.75. The van der Waals surface area contributed by atoms with Crippen molar-refractivity contribution in [2.24, 2.45) is 0 Å². The second-order valence-electron chi connectivity index (χ2n) is 8.42. The first kappa shape index (κ1) is 29.1. The summed E-state index contributed by atoms with van der Waals surface area (Å²) in [5.41, 5.74) is 1.99. The van der Waals surface area contributed by atoms with E-state index in [2.05, 4.69) is 46.9 Å². The van der Waals surface area contributed by atoms with E-state index < -0.39 is 10.1 Å². The van der Waals surface area contributed by atoms with Crippen molar-refractivity contribution in [3.63, 3.8) is 0 Å². The van der Waals surface area contributed by atoms with E-state index in [1.54, 1.807) is 12.1 Å². The lowest BCUT2D eigenvalue weighted by atomic mass is 10.1. The van der Waals surface area contributed by atoms with Gasteiger partial charge in [0.05, 0.1) is 21.5 Å². The first-order valence-corrected chi connectivity index (χ1v) is 14.0. The summed E-state index contributed by atoms with van der Waals surface area (Å²) in [5.74, 6) is 0. The van der Waals surface area contributed by atoms with Crippen molar-refractivity contribution in [1.82, 2.24) is 4.57 Å². The molecule has 0 bridgehead atoms. The number of hydrogen-bond acceptors (Lipinski definition) is 3. The van der Waals surface area contributed by atoms with E-state index in [0.717, 1.165) is 30.6 Å². The molecule has 0 amide bonds. The molecule has 0 saturated carbocycles. The maximum atomic E-state index is 10.4. The van der Waals surface area contributed by atoms with Crippen LogP contribution in [-0.2, 0) is 29.6 Å². The summed E-state index contributed by atoms with van der Waals surface area (Å²) in [7, 11) is -4.27. The Morgan fingerprint density at radius 3 is 2.40 bits per heavy atom. The highest BCUT2D eigenvalue weighted by Crippen LogP contribution is 2.25. The Balaban J connectivity index is 0.000000328. The van der Waals surface area contributed by atoms with Crippen LogP contribution in [0.4, 0.5) is 0 Å². The molecule has 35 heavy (non-hydrogen) atoms. The van der Waals surface area contributed by atoms with Gasteiger partial charge in [-0.05, 0) is 56.0 Å². The van der Waals surface area contributed by atoms with Gasteiger partial charge in [0.25, 0.3) is 0 Å². The molecule has 190 valence electrons. The van der Waals surface area contributed by atoms with Crippen molar-refractivity contribution in [1.29, 1.82) is 0 Å². The van der Waals surface area contributed by atoms with Crippen LogP contribution >= 0.6 is 23.2 Å². The molecule has 0 atom stereocenters. The minimum absolute atomic E-state index is 0.178. The van der Waals surface area contributed by atoms with Gasteiger partial charge in [-0.2, -0.15) is 0 Å². The number of unbranched alkanes of at least 4 members (excludes halogenated alkanes) is 4. The third-order valence-electron chi connectivity index (χ3n) is 5.43. The fraction of sp³-hybridized carbons (Fsp3) is 0.370. The smallest absolute Gasteiger partial charge is 0.244 e. The Morgan fingerprint density at radius 1 is 1.00 bits per heavy atom. The van der Waals surface area contributed by atoms with E-state index in [1.807, 2.05) is 25.1 Å². The SMILES string of the molecule is CCCCCCCn1cc[n+](CC=CCc2cccc(Cl)c2Cl)c1.Cc1ccc(S(=O)(=O)[O-])cc1. The summed E-state index contributed by atoms with van der Waals surface area (Å²) in [6.45, 7) is 6.06. The molecule has 0 aliphatic rings. The minimum atomic E-state index is -4.27. The molecule has 0 aliphatic heterocycles. The second kappa shape index (κ2) is 15.1. The standard InChI is InChI=1S/C20H27Cl2N2.C7H8O3S/c1-2-3-4-5-7-13-23-15-16-24(17-23)14-8-6-10-18-11-9-12-19(21)20(18)22;1-6-2-4-7(5-3-6)11(8,9)10/h6,8-9,11-12,15-17H,2-5,7,10,13-14H2,1H3;2-5H,1H3,(H,8,9,10)/q+1;/p-1. The molecule has 1 aromatic heterocycles. The number of halogens is 2. The second-order valence-corrected chi connectivity index (χ2v) is 10.6. The molecule has 5 nitrogen and oxygen atoms in total. The number of imidazole rings is 1. The first-order valence-electron chi connectivity index (χ1n) is 11.9. The van der Waals surface area contributed by atoms with Crippen molar-refractivity contribution in [2.75, 3.05) is 0 Å². The van der Waals surface area contributed by atoms with E-state index in [9.17, 15) is 13.0 Å². The van der Waals surface area contributed by atoms with Crippen molar-refractivity contribution in [3.05, 3.63) is 94.5 Å². The number of nitrogens with zero attached hydrogens (tertiary/aromatic N) is 2. The molecule has 3 aromatic rings. The highest BCUT2D eigenvalue weighted by Gasteiger charge is 2.04. The predicted molar refractivity (Wildman–Crippen MR) is 142 cm³/mol. The van der Waals surface area contributed by atoms with Crippen molar-refractivity contribution in [3.8, 4) is 0 Å². The molecular formula is C27H34Cl2N2O3S. The summed E-state index contributed by atoms with van der Waals surface area (Å²) in [6.07, 6.45) is 18.2. The van der Waals surface area contributed by atoms with E-state index >= 15 is 0 Å². The molecule has 0 fully saturated rings. The number of hydrogen-bond donors (Lipinski definition) is 0. The van der Waals surface area contributed by atoms with Gasteiger partial charge >= 0.3 is 0 Å². The Labute approximate surface area is 219 Å². The number of rotatable bonds is 11. The largest absolute Gasteiger partial charge is 0.744 e. The maximum Gasteiger partial charge on any atom is 0.244 e. The van der Waals surface area contributed by atoms with E-state index in [1.165, 1.54) is 44.2 Å². The minimum Gasteiger partial charge on any atom is -0.744 e. The van der Waals surface area contributed by atoms with Crippen LogP contribution in [-0.4, -0.2) is 17.5 Å². The molecule has 0 N–H and O–H groups in total. The van der Waals surface area contributed by atoms with Crippen LogP contribution < -0.4 is 4.57 Å². The van der Waals surface area contributed by atoms with Crippen LogP contribution in [0.15, 0.2) is 78.2 Å². The summed E-state index contributed by atoms with van der Waals surface area (Å²) in [5, 5.41) is 1.28. The molecular weight excluding hydrogens is 503 g/mol. The summed E-state index contributed by atoms with van der Waals surface area (Å²) >= 11 is 12.2. The molecule has 0 radical (unpaired) electrons. The molecule has 0 unspecified atom stereocenters. The van der Waals surface area contributed by atoms with Crippen molar-refractivity contribution in [2.45, 2.75) is 70.4 Å².